The highest BCUT2D eigenvalue weighted by atomic mass is 19.4. The monoisotopic (exact) mass is 427 g/mol. The lowest BCUT2D eigenvalue weighted by Gasteiger charge is -2.53. The molecule has 0 unspecified atom stereocenters. The Kier molecular flexibility index (Phi) is 5.23. The van der Waals surface area contributed by atoms with E-state index in [0.717, 1.165) is 19.0 Å². The minimum Gasteiger partial charge on any atom is -0.474 e. The van der Waals surface area contributed by atoms with Crippen LogP contribution in [0.2, 0.25) is 0 Å². The van der Waals surface area contributed by atoms with Crippen molar-refractivity contribution >= 4 is 11.9 Å². The Bertz CT molecular complexity index is 818. The van der Waals surface area contributed by atoms with Crippen molar-refractivity contribution in [3.8, 4) is 5.88 Å². The molecule has 1 aliphatic carbocycles. The minimum absolute atomic E-state index is 0.0428. The van der Waals surface area contributed by atoms with Crippen molar-refractivity contribution in [3.63, 3.8) is 0 Å². The zero-order valence-electron chi connectivity index (χ0n) is 16.4. The summed E-state index contributed by atoms with van der Waals surface area (Å²) in [7, 11) is 0. The quantitative estimate of drug-likeness (QED) is 0.796. The molecule has 1 spiro atoms. The van der Waals surface area contributed by atoms with E-state index in [1.165, 1.54) is 6.07 Å². The number of carbonyl (C=O) groups is 2. The van der Waals surface area contributed by atoms with Gasteiger partial charge in [0.15, 0.2) is 0 Å². The summed E-state index contributed by atoms with van der Waals surface area (Å²) in [5.74, 6) is -1.91. The van der Waals surface area contributed by atoms with Crippen LogP contribution in [0.15, 0.2) is 12.3 Å². The number of hydrogen-bond donors (Lipinski definition) is 1. The fourth-order valence-corrected chi connectivity index (χ4v) is 4.62. The van der Waals surface area contributed by atoms with Gasteiger partial charge in [0, 0.05) is 43.9 Å². The molecule has 8 nitrogen and oxygen atoms in total. The number of amides is 3. The molecule has 164 valence electrons. The molecule has 4 rings (SSSR count). The smallest absolute Gasteiger partial charge is 0.451 e. The standard InChI is InChI=1S/C19H24F3N5O3/c20-19(21,22)16-24-7-3-14(25-16)30-13-1-5-18(6-2-13)10-27(11-18)17(29)26-8-4-12(9-26)15(23)28/h3,7,12-13H,1-2,4-6,8-11H2,(H2,23,28)/t12-/m0/s1. The van der Waals surface area contributed by atoms with Gasteiger partial charge in [-0.3, -0.25) is 4.79 Å². The Balaban J connectivity index is 1.25. The number of halogens is 3. The third kappa shape index (κ3) is 4.15. The fourth-order valence-electron chi connectivity index (χ4n) is 4.62. The third-order valence-electron chi connectivity index (χ3n) is 6.35. The SMILES string of the molecule is NC(=O)[C@H]1CCN(C(=O)N2CC3(CCC(Oc4ccnc(C(F)(F)F)n4)CC3)C2)C1. The van der Waals surface area contributed by atoms with Crippen LogP contribution in [-0.2, 0) is 11.0 Å². The Morgan fingerprint density at radius 1 is 1.17 bits per heavy atom. The first-order valence-corrected chi connectivity index (χ1v) is 10.1. The summed E-state index contributed by atoms with van der Waals surface area (Å²) in [4.78, 5) is 34.1. The van der Waals surface area contributed by atoms with Gasteiger partial charge in [-0.1, -0.05) is 0 Å². The van der Waals surface area contributed by atoms with Gasteiger partial charge in [0.1, 0.15) is 6.10 Å². The Hall–Kier alpha value is -2.59. The van der Waals surface area contributed by atoms with Crippen LogP contribution in [0, 0.1) is 11.3 Å². The first kappa shape index (κ1) is 20.7. The number of primary amides is 1. The predicted molar refractivity (Wildman–Crippen MR) is 98.2 cm³/mol. The summed E-state index contributed by atoms with van der Waals surface area (Å²) >= 11 is 0. The average Bonchev–Trinajstić information content (AvgIpc) is 3.17. The molecule has 0 radical (unpaired) electrons. The summed E-state index contributed by atoms with van der Waals surface area (Å²) in [6, 6.07) is 1.28. The Morgan fingerprint density at radius 2 is 1.87 bits per heavy atom. The second-order valence-electron chi connectivity index (χ2n) is 8.51. The van der Waals surface area contributed by atoms with E-state index in [1.54, 1.807) is 9.80 Å². The van der Waals surface area contributed by atoms with Crippen LogP contribution in [-0.4, -0.2) is 64.0 Å². The van der Waals surface area contributed by atoms with Gasteiger partial charge >= 0.3 is 12.2 Å². The maximum absolute atomic E-state index is 12.7. The van der Waals surface area contributed by atoms with E-state index in [1.807, 2.05) is 0 Å². The molecule has 0 aromatic carbocycles. The maximum atomic E-state index is 12.7. The molecule has 11 heteroatoms. The molecule has 3 heterocycles. The Labute approximate surface area is 171 Å². The number of hydrogen-bond acceptors (Lipinski definition) is 5. The van der Waals surface area contributed by atoms with Gasteiger partial charge in [-0.2, -0.15) is 18.2 Å². The molecule has 3 amide bonds. The van der Waals surface area contributed by atoms with Gasteiger partial charge in [0.25, 0.3) is 0 Å². The van der Waals surface area contributed by atoms with Gasteiger partial charge in [0.2, 0.25) is 17.6 Å². The molecule has 3 fully saturated rings. The van der Waals surface area contributed by atoms with E-state index < -0.39 is 12.0 Å². The molecular weight excluding hydrogens is 403 g/mol. The van der Waals surface area contributed by atoms with Gasteiger partial charge in [-0.05, 0) is 32.1 Å². The summed E-state index contributed by atoms with van der Waals surface area (Å²) in [6.07, 6.45) is -0.0897. The largest absolute Gasteiger partial charge is 0.474 e. The number of urea groups is 1. The van der Waals surface area contributed by atoms with Gasteiger partial charge < -0.3 is 20.3 Å². The van der Waals surface area contributed by atoms with Gasteiger partial charge in [-0.25, -0.2) is 9.78 Å². The highest BCUT2D eigenvalue weighted by molar-refractivity contribution is 5.80. The summed E-state index contributed by atoms with van der Waals surface area (Å²) in [6.45, 7) is 2.24. The van der Waals surface area contributed by atoms with E-state index >= 15 is 0 Å². The topological polar surface area (TPSA) is 102 Å². The van der Waals surface area contributed by atoms with E-state index in [9.17, 15) is 22.8 Å². The molecule has 2 N–H and O–H groups in total. The van der Waals surface area contributed by atoms with Crippen molar-refractivity contribution in [3.05, 3.63) is 18.1 Å². The number of alkyl halides is 3. The molecule has 2 aliphatic heterocycles. The summed E-state index contributed by atoms with van der Waals surface area (Å²) in [5.41, 5.74) is 5.37. The van der Waals surface area contributed by atoms with Crippen molar-refractivity contribution in [1.29, 1.82) is 0 Å². The van der Waals surface area contributed by atoms with E-state index in [2.05, 4.69) is 9.97 Å². The molecular formula is C19H24F3N5O3. The van der Waals surface area contributed by atoms with Crippen molar-refractivity contribution < 1.29 is 27.5 Å². The van der Waals surface area contributed by atoms with Crippen molar-refractivity contribution in [2.45, 2.75) is 44.4 Å². The first-order chi connectivity index (χ1) is 14.2. The van der Waals surface area contributed by atoms with Crippen LogP contribution < -0.4 is 10.5 Å². The minimum atomic E-state index is -4.61. The van der Waals surface area contributed by atoms with Crippen LogP contribution in [0.3, 0.4) is 0 Å². The van der Waals surface area contributed by atoms with Crippen LogP contribution in [0.5, 0.6) is 5.88 Å². The Morgan fingerprint density at radius 3 is 2.47 bits per heavy atom. The number of nitrogens with two attached hydrogens (primary N) is 1. The van der Waals surface area contributed by atoms with Crippen molar-refractivity contribution in [1.82, 2.24) is 19.8 Å². The average molecular weight is 427 g/mol. The van der Waals surface area contributed by atoms with Crippen LogP contribution in [0.1, 0.15) is 37.9 Å². The number of rotatable bonds is 3. The van der Waals surface area contributed by atoms with Crippen LogP contribution >= 0.6 is 0 Å². The van der Waals surface area contributed by atoms with Crippen molar-refractivity contribution in [2.75, 3.05) is 26.2 Å². The fraction of sp³-hybridized carbons (Fsp3) is 0.684. The van der Waals surface area contributed by atoms with E-state index in [4.69, 9.17) is 10.5 Å². The van der Waals surface area contributed by atoms with Crippen molar-refractivity contribution in [2.24, 2.45) is 17.1 Å². The molecule has 1 atom stereocenters. The van der Waals surface area contributed by atoms with Gasteiger partial charge in [-0.15, -0.1) is 0 Å². The second kappa shape index (κ2) is 7.59. The lowest BCUT2D eigenvalue weighted by molar-refractivity contribution is -0.145. The second-order valence-corrected chi connectivity index (χ2v) is 8.51. The highest BCUT2D eigenvalue weighted by Crippen LogP contribution is 2.45. The number of ether oxygens (including phenoxy) is 1. The van der Waals surface area contributed by atoms with Gasteiger partial charge in [0.05, 0.1) is 5.92 Å². The number of carbonyl (C=O) groups excluding carboxylic acids is 2. The lowest BCUT2D eigenvalue weighted by atomic mass is 9.68. The summed E-state index contributed by atoms with van der Waals surface area (Å²) in [5, 5.41) is 0. The predicted octanol–water partition coefficient (Wildman–Crippen LogP) is 2.05. The summed E-state index contributed by atoms with van der Waals surface area (Å²) < 4.78 is 43.9. The van der Waals surface area contributed by atoms with E-state index in [-0.39, 0.29) is 35.3 Å². The van der Waals surface area contributed by atoms with Crippen LogP contribution in [0.4, 0.5) is 18.0 Å². The van der Waals surface area contributed by atoms with Crippen LogP contribution in [0.25, 0.3) is 0 Å². The normalized spacial score (nSPS) is 24.0. The first-order valence-electron chi connectivity index (χ1n) is 10.1. The third-order valence-corrected chi connectivity index (χ3v) is 6.35. The number of nitrogens with zero attached hydrogens (tertiary/aromatic N) is 4. The molecule has 0 bridgehead atoms. The molecule has 1 aromatic rings. The number of aromatic nitrogens is 2. The van der Waals surface area contributed by atoms with E-state index in [0.29, 0.717) is 45.4 Å². The molecule has 3 aliphatic rings. The zero-order chi connectivity index (χ0) is 21.5. The number of likely N-dealkylation sites (tertiary alicyclic amines) is 2. The maximum Gasteiger partial charge on any atom is 0.451 e. The zero-order valence-corrected chi connectivity index (χ0v) is 16.4. The lowest BCUT2D eigenvalue weighted by Crippen LogP contribution is -2.62. The molecule has 1 aromatic heterocycles. The molecule has 2 saturated heterocycles. The molecule has 1 saturated carbocycles. The highest BCUT2D eigenvalue weighted by Gasteiger charge is 2.49. The molecule has 30 heavy (non-hydrogen) atoms.